The van der Waals surface area contributed by atoms with Gasteiger partial charge in [0.1, 0.15) is 48.8 Å². The van der Waals surface area contributed by atoms with Gasteiger partial charge in [0.25, 0.3) is 5.56 Å². The number of esters is 1. The Kier molecular flexibility index (Phi) is 13.1. The highest BCUT2D eigenvalue weighted by Crippen LogP contribution is 2.16. The molecule has 24 heteroatoms. The number of rotatable bonds is 16. The molecule has 58 heavy (non-hydrogen) atoms. The Morgan fingerprint density at radius 3 is 2.10 bits per heavy atom. The van der Waals surface area contributed by atoms with Gasteiger partial charge in [-0.3, -0.25) is 24.2 Å². The average molecular weight is 807 g/mol. The summed E-state index contributed by atoms with van der Waals surface area (Å²) in [5.74, 6) is -4.20. The van der Waals surface area contributed by atoms with E-state index in [-0.39, 0.29) is 47.2 Å². The van der Waals surface area contributed by atoms with Crippen LogP contribution in [0.25, 0.3) is 22.3 Å². The molecule has 0 aliphatic heterocycles. The van der Waals surface area contributed by atoms with Crippen LogP contribution in [0.4, 0.5) is 16.6 Å². The summed E-state index contributed by atoms with van der Waals surface area (Å²) in [7, 11) is 0. The van der Waals surface area contributed by atoms with E-state index in [2.05, 4.69) is 51.2 Å². The van der Waals surface area contributed by atoms with Crippen LogP contribution in [0, 0.1) is 0 Å². The van der Waals surface area contributed by atoms with Crippen molar-refractivity contribution in [2.75, 3.05) is 24.6 Å². The number of H-pyrrole nitrogens is 1. The van der Waals surface area contributed by atoms with Gasteiger partial charge in [0.15, 0.2) is 28.7 Å². The fourth-order valence-corrected chi connectivity index (χ4v) is 5.41. The predicted octanol–water partition coefficient (Wildman–Crippen LogP) is -2.80. The second-order valence-corrected chi connectivity index (χ2v) is 13.7. The van der Waals surface area contributed by atoms with Crippen LogP contribution >= 0.6 is 0 Å². The number of fused-ring (bicyclic) bond motifs is 2. The predicted molar refractivity (Wildman–Crippen MR) is 202 cm³/mol. The lowest BCUT2D eigenvalue weighted by Gasteiger charge is -2.25. The zero-order valence-electron chi connectivity index (χ0n) is 31.4. The number of hydrogen-bond acceptors (Lipinski definition) is 17. The van der Waals surface area contributed by atoms with E-state index >= 15 is 0 Å². The number of imidazole rings is 2. The number of carbonyl (C=O) groups is 5. The third-order valence-electron chi connectivity index (χ3n) is 8.07. The van der Waals surface area contributed by atoms with Crippen molar-refractivity contribution in [3.8, 4) is 0 Å². The number of nitrogens with one attached hydrogen (secondary N) is 5. The number of aromatic amines is 1. The third kappa shape index (κ3) is 11.0. The number of nitrogens with two attached hydrogens (primary N) is 2. The zero-order valence-corrected chi connectivity index (χ0v) is 31.4. The number of aromatic nitrogens is 8. The molecule has 0 saturated heterocycles. The van der Waals surface area contributed by atoms with Crippen LogP contribution in [0.3, 0.4) is 0 Å². The second kappa shape index (κ2) is 18.2. The summed E-state index contributed by atoms with van der Waals surface area (Å²) in [5.41, 5.74) is 10.9. The minimum atomic E-state index is -1.74. The molecule has 4 aromatic heterocycles. The number of ether oxygens (including phenoxy) is 2. The van der Waals surface area contributed by atoms with E-state index in [1.54, 1.807) is 51.1 Å². The summed E-state index contributed by atoms with van der Waals surface area (Å²) in [6.07, 6.45) is -0.687. The molecule has 4 atom stereocenters. The number of carbonyl (C=O) groups excluding carboxylic acids is 5. The van der Waals surface area contributed by atoms with Crippen LogP contribution < -0.4 is 38.3 Å². The Morgan fingerprint density at radius 1 is 0.828 bits per heavy atom. The number of aliphatic hydroxyl groups is 2. The quantitative estimate of drug-likeness (QED) is 0.0455. The molecule has 308 valence electrons. The smallest absolute Gasteiger partial charge is 0.408 e. The molecule has 5 aromatic rings. The number of aliphatic hydroxyl groups excluding tert-OH is 2. The van der Waals surface area contributed by atoms with E-state index in [0.29, 0.717) is 5.56 Å². The largest absolute Gasteiger partial charge is 0.459 e. The second-order valence-electron chi connectivity index (χ2n) is 13.7. The maximum atomic E-state index is 13.6. The van der Waals surface area contributed by atoms with Crippen LogP contribution in [0.15, 0.2) is 54.1 Å². The highest BCUT2D eigenvalue weighted by Gasteiger charge is 2.33. The normalized spacial score (nSPS) is 13.5. The van der Waals surface area contributed by atoms with Crippen LogP contribution in [-0.2, 0) is 48.3 Å². The molecule has 0 fully saturated rings. The maximum Gasteiger partial charge on any atom is 0.408 e. The molecular formula is C34H42N14O10. The number of anilines is 2. The van der Waals surface area contributed by atoms with Crippen molar-refractivity contribution >= 4 is 63.9 Å². The Hall–Kier alpha value is -7.21. The van der Waals surface area contributed by atoms with Gasteiger partial charge in [-0.1, -0.05) is 30.3 Å². The van der Waals surface area contributed by atoms with Gasteiger partial charge < -0.3 is 61.6 Å². The topological polar surface area (TPSA) is 352 Å². The molecule has 0 radical (unpaired) electrons. The first-order valence-electron chi connectivity index (χ1n) is 17.5. The first-order chi connectivity index (χ1) is 27.5. The molecule has 0 aliphatic carbocycles. The van der Waals surface area contributed by atoms with Gasteiger partial charge in [0.2, 0.25) is 23.7 Å². The first kappa shape index (κ1) is 41.9. The number of alkyl carbamates (subject to hydrolysis) is 1. The van der Waals surface area contributed by atoms with Crippen LogP contribution in [0.1, 0.15) is 26.3 Å². The molecule has 0 unspecified atom stereocenters. The van der Waals surface area contributed by atoms with Gasteiger partial charge in [0, 0.05) is 0 Å². The van der Waals surface area contributed by atoms with Crippen molar-refractivity contribution in [3.05, 3.63) is 65.2 Å². The molecule has 4 heterocycles. The first-order valence-corrected chi connectivity index (χ1v) is 17.5. The SMILES string of the molecule is CC(C)(C)OC(=O)NCC(=O)N[C@H](C(=O)NCC(=O)N[C@H](C(=O)OCc1ccccc1)[C@@H](O)Cn1cnc2c(=O)[nH]c(N)nc21)[C@@H](O)Cn1cnc2c(N)ncnc21. The highest BCUT2D eigenvalue weighted by molar-refractivity contribution is 5.93. The Labute approximate surface area is 327 Å². The molecule has 0 spiro atoms. The van der Waals surface area contributed by atoms with Crippen molar-refractivity contribution in [2.24, 2.45) is 0 Å². The molecule has 0 aliphatic rings. The van der Waals surface area contributed by atoms with Gasteiger partial charge in [0.05, 0.1) is 32.3 Å². The van der Waals surface area contributed by atoms with E-state index in [1.807, 2.05) is 0 Å². The van der Waals surface area contributed by atoms with Crippen molar-refractivity contribution in [2.45, 2.75) is 70.4 Å². The number of benzene rings is 1. The average Bonchev–Trinajstić information content (AvgIpc) is 3.77. The molecule has 5 rings (SSSR count). The van der Waals surface area contributed by atoms with Crippen LogP contribution in [0.5, 0.6) is 0 Å². The summed E-state index contributed by atoms with van der Waals surface area (Å²) < 4.78 is 13.1. The van der Waals surface area contributed by atoms with E-state index in [0.717, 1.165) is 0 Å². The summed E-state index contributed by atoms with van der Waals surface area (Å²) in [4.78, 5) is 99.9. The fourth-order valence-electron chi connectivity index (χ4n) is 5.41. The van der Waals surface area contributed by atoms with Crippen molar-refractivity contribution in [1.29, 1.82) is 0 Å². The molecule has 24 nitrogen and oxygen atoms in total. The van der Waals surface area contributed by atoms with Gasteiger partial charge in [-0.05, 0) is 26.3 Å². The molecule has 1 aromatic carbocycles. The maximum absolute atomic E-state index is 13.6. The van der Waals surface area contributed by atoms with Gasteiger partial charge in [-0.15, -0.1) is 0 Å². The molecule has 11 N–H and O–H groups in total. The summed E-state index contributed by atoms with van der Waals surface area (Å²) in [5, 5.41) is 31.7. The van der Waals surface area contributed by atoms with Crippen molar-refractivity contribution < 1.29 is 43.7 Å². The van der Waals surface area contributed by atoms with E-state index in [4.69, 9.17) is 20.9 Å². The number of nitrogens with zero attached hydrogens (tertiary/aromatic N) is 7. The van der Waals surface area contributed by atoms with Crippen molar-refractivity contribution in [3.63, 3.8) is 0 Å². The van der Waals surface area contributed by atoms with Crippen LogP contribution in [0.2, 0.25) is 0 Å². The minimum Gasteiger partial charge on any atom is -0.459 e. The zero-order chi connectivity index (χ0) is 42.1. The molecule has 0 bridgehead atoms. The molecular weight excluding hydrogens is 764 g/mol. The summed E-state index contributed by atoms with van der Waals surface area (Å²) in [6, 6.07) is 5.09. The number of hydrogen-bond donors (Lipinski definition) is 9. The molecule has 4 amide bonds. The van der Waals surface area contributed by atoms with Gasteiger partial charge >= 0.3 is 12.1 Å². The summed E-state index contributed by atoms with van der Waals surface area (Å²) >= 11 is 0. The van der Waals surface area contributed by atoms with Crippen LogP contribution in [-0.4, -0.2) is 122 Å². The number of nitrogen functional groups attached to an aromatic ring is 2. The molecule has 0 saturated carbocycles. The standard InChI is InChI=1S/C34H42N14O10/c1-34(2,3)58-33(56)38-10-21(52)43-22(18(49)11-47-15-41-24-26(35)39-14-40-27(24)47)29(53)37-9-20(51)44-23(31(55)57-13-17-7-5-4-6-8-17)19(50)12-48-16-42-25-28(48)45-32(36)46-30(25)54/h4-8,14-16,18-19,22-23,49-50H,9-13H2,1-3H3,(H,37,53)(H,38,56)(H,43,52)(H,44,51)(H2,35,39,40)(H3,36,45,46,54)/t18-,19-,22-,23-/m0/s1. The Bertz CT molecular complexity index is 2340. The third-order valence-corrected chi connectivity index (χ3v) is 8.07. The number of amides is 4. The van der Waals surface area contributed by atoms with Gasteiger partial charge in [-0.25, -0.2) is 29.5 Å². The highest BCUT2D eigenvalue weighted by atomic mass is 16.6. The Balaban J connectivity index is 1.30. The van der Waals surface area contributed by atoms with Gasteiger partial charge in [-0.2, -0.15) is 4.98 Å². The lowest BCUT2D eigenvalue weighted by Crippen LogP contribution is -2.58. The summed E-state index contributed by atoms with van der Waals surface area (Å²) in [6.45, 7) is 2.35. The monoisotopic (exact) mass is 806 g/mol. The van der Waals surface area contributed by atoms with E-state index in [1.165, 1.54) is 28.1 Å². The lowest BCUT2D eigenvalue weighted by atomic mass is 10.1. The van der Waals surface area contributed by atoms with Crippen molar-refractivity contribution in [1.82, 2.24) is 60.3 Å². The van der Waals surface area contributed by atoms with E-state index in [9.17, 15) is 39.0 Å². The Morgan fingerprint density at radius 2 is 1.43 bits per heavy atom. The lowest BCUT2D eigenvalue weighted by molar-refractivity contribution is -0.152. The fraction of sp³-hybridized carbons (Fsp3) is 0.382. The minimum absolute atomic E-state index is 0.0113. The van der Waals surface area contributed by atoms with E-state index < -0.39 is 84.9 Å².